The number of aliphatic hydroxyl groups is 1. The summed E-state index contributed by atoms with van der Waals surface area (Å²) in [7, 11) is 0. The van der Waals surface area contributed by atoms with E-state index in [4.69, 9.17) is 32.7 Å². The standard InChI is InChI=1S/C24H26Cl2F2O5/c1-13(10-21(29)33-23(3,4)5)22(30)32-14(2)24(31,15-6-8-17(25)19(27)11-15)16-7-9-18(26)20(28)12-16/h6-9,11-14,31H,10H2,1-5H3/t13-,14+/m1/s1. The summed E-state index contributed by atoms with van der Waals surface area (Å²) in [5.74, 6) is -3.92. The summed E-state index contributed by atoms with van der Waals surface area (Å²) < 4.78 is 39.1. The summed E-state index contributed by atoms with van der Waals surface area (Å²) in [6.45, 7) is 7.95. The molecule has 2 rings (SSSR count). The highest BCUT2D eigenvalue weighted by Gasteiger charge is 2.42. The van der Waals surface area contributed by atoms with Crippen molar-refractivity contribution < 1.29 is 33.0 Å². The second kappa shape index (κ2) is 10.4. The maximum atomic E-state index is 14.2. The van der Waals surface area contributed by atoms with E-state index in [1.54, 1.807) is 20.8 Å². The van der Waals surface area contributed by atoms with Crippen LogP contribution in [0.15, 0.2) is 36.4 Å². The number of carbonyl (C=O) groups excluding carboxylic acids is 2. The first-order valence-electron chi connectivity index (χ1n) is 10.2. The number of carbonyl (C=O) groups is 2. The number of esters is 2. The SMILES string of the molecule is C[C@H](CC(=O)OC(C)(C)C)C(=O)O[C@@H](C)C(O)(c1ccc(Cl)c(F)c1)c1ccc(Cl)c(F)c1. The van der Waals surface area contributed by atoms with E-state index in [-0.39, 0.29) is 27.6 Å². The molecular weight excluding hydrogens is 477 g/mol. The number of halogens is 4. The minimum Gasteiger partial charge on any atom is -0.460 e. The summed E-state index contributed by atoms with van der Waals surface area (Å²) in [5.41, 5.74) is -2.92. The lowest BCUT2D eigenvalue weighted by atomic mass is 9.82. The fourth-order valence-corrected chi connectivity index (χ4v) is 3.43. The number of hydrogen-bond donors (Lipinski definition) is 1. The van der Waals surface area contributed by atoms with Gasteiger partial charge in [-0.1, -0.05) is 42.3 Å². The van der Waals surface area contributed by atoms with E-state index in [1.165, 1.54) is 38.1 Å². The quantitative estimate of drug-likeness (QED) is 0.483. The van der Waals surface area contributed by atoms with Crippen LogP contribution in [0.5, 0.6) is 0 Å². The van der Waals surface area contributed by atoms with Crippen molar-refractivity contribution in [1.82, 2.24) is 0 Å². The number of ether oxygens (including phenoxy) is 2. The van der Waals surface area contributed by atoms with Gasteiger partial charge >= 0.3 is 11.9 Å². The van der Waals surface area contributed by atoms with Crippen LogP contribution in [-0.2, 0) is 24.7 Å². The predicted molar refractivity (Wildman–Crippen MR) is 121 cm³/mol. The van der Waals surface area contributed by atoms with Crippen molar-refractivity contribution in [1.29, 1.82) is 0 Å². The zero-order chi connectivity index (χ0) is 25.1. The van der Waals surface area contributed by atoms with E-state index in [9.17, 15) is 23.5 Å². The van der Waals surface area contributed by atoms with E-state index in [1.807, 2.05) is 0 Å². The van der Waals surface area contributed by atoms with Gasteiger partial charge in [-0.25, -0.2) is 8.78 Å². The molecular formula is C24H26Cl2F2O5. The summed E-state index contributed by atoms with van der Waals surface area (Å²) >= 11 is 11.5. The van der Waals surface area contributed by atoms with Crippen LogP contribution in [0, 0.1) is 17.6 Å². The molecule has 0 bridgehead atoms. The summed E-state index contributed by atoms with van der Waals surface area (Å²) in [6.07, 6.45) is -1.56. The van der Waals surface area contributed by atoms with E-state index in [0.29, 0.717) is 0 Å². The molecule has 0 radical (unpaired) electrons. The molecule has 0 saturated heterocycles. The van der Waals surface area contributed by atoms with Crippen molar-refractivity contribution in [2.75, 3.05) is 0 Å². The molecule has 0 aromatic heterocycles. The smallest absolute Gasteiger partial charge is 0.309 e. The largest absolute Gasteiger partial charge is 0.460 e. The molecule has 33 heavy (non-hydrogen) atoms. The van der Waals surface area contributed by atoms with Crippen LogP contribution >= 0.6 is 23.2 Å². The van der Waals surface area contributed by atoms with Gasteiger partial charge in [-0.2, -0.15) is 0 Å². The van der Waals surface area contributed by atoms with Gasteiger partial charge in [0.2, 0.25) is 0 Å². The lowest BCUT2D eigenvalue weighted by Gasteiger charge is -2.35. The van der Waals surface area contributed by atoms with Gasteiger partial charge in [-0.3, -0.25) is 9.59 Å². The topological polar surface area (TPSA) is 72.8 Å². The molecule has 0 amide bonds. The zero-order valence-corrected chi connectivity index (χ0v) is 20.4. The first kappa shape index (κ1) is 27.0. The van der Waals surface area contributed by atoms with E-state index in [0.717, 1.165) is 12.1 Å². The molecule has 0 aliphatic rings. The molecule has 0 aliphatic heterocycles. The molecule has 2 aromatic carbocycles. The van der Waals surface area contributed by atoms with Gasteiger partial charge in [0, 0.05) is 0 Å². The Bertz CT molecular complexity index is 985. The van der Waals surface area contributed by atoms with Gasteiger partial charge in [0.25, 0.3) is 0 Å². The minimum absolute atomic E-state index is 0.0220. The Morgan fingerprint density at radius 1 is 0.970 bits per heavy atom. The van der Waals surface area contributed by atoms with Crippen LogP contribution in [0.25, 0.3) is 0 Å². The molecule has 9 heteroatoms. The van der Waals surface area contributed by atoms with Crippen LogP contribution < -0.4 is 0 Å². The third kappa shape index (κ3) is 6.65. The lowest BCUT2D eigenvalue weighted by molar-refractivity contribution is -0.169. The van der Waals surface area contributed by atoms with Crippen LogP contribution in [0.4, 0.5) is 8.78 Å². The Morgan fingerprint density at radius 3 is 1.82 bits per heavy atom. The van der Waals surface area contributed by atoms with Crippen molar-refractivity contribution in [3.8, 4) is 0 Å². The highest BCUT2D eigenvalue weighted by atomic mass is 35.5. The molecule has 0 heterocycles. The summed E-state index contributed by atoms with van der Waals surface area (Å²) in [4.78, 5) is 24.7. The van der Waals surface area contributed by atoms with Gasteiger partial charge in [0.15, 0.2) is 5.60 Å². The third-order valence-electron chi connectivity index (χ3n) is 4.90. The average molecular weight is 503 g/mol. The second-order valence-electron chi connectivity index (χ2n) is 8.79. The second-order valence-corrected chi connectivity index (χ2v) is 9.61. The molecule has 2 aromatic rings. The third-order valence-corrected chi connectivity index (χ3v) is 5.51. The lowest BCUT2D eigenvalue weighted by Crippen LogP contribution is -2.43. The van der Waals surface area contributed by atoms with Crippen LogP contribution in [0.2, 0.25) is 10.0 Å². The Morgan fingerprint density at radius 2 is 1.42 bits per heavy atom. The van der Waals surface area contributed by atoms with E-state index < -0.39 is 46.8 Å². The highest BCUT2D eigenvalue weighted by Crippen LogP contribution is 2.37. The minimum atomic E-state index is -2.15. The molecule has 0 unspecified atom stereocenters. The van der Waals surface area contributed by atoms with Gasteiger partial charge in [0.1, 0.15) is 23.3 Å². The summed E-state index contributed by atoms with van der Waals surface area (Å²) in [6, 6.07) is 7.08. The molecule has 0 aliphatic carbocycles. The van der Waals surface area contributed by atoms with Crippen LogP contribution in [0.3, 0.4) is 0 Å². The van der Waals surface area contributed by atoms with Gasteiger partial charge in [-0.05, 0) is 63.1 Å². The zero-order valence-electron chi connectivity index (χ0n) is 18.9. The predicted octanol–water partition coefficient (Wildman–Crippen LogP) is 5.81. The monoisotopic (exact) mass is 502 g/mol. The first-order chi connectivity index (χ1) is 15.1. The molecule has 2 atom stereocenters. The van der Waals surface area contributed by atoms with E-state index in [2.05, 4.69) is 0 Å². The van der Waals surface area contributed by atoms with Crippen molar-refractivity contribution >= 4 is 35.1 Å². The normalized spacial score (nSPS) is 13.9. The average Bonchev–Trinajstić information content (AvgIpc) is 2.69. The summed E-state index contributed by atoms with van der Waals surface area (Å²) in [5, 5.41) is 11.3. The fraction of sp³-hybridized carbons (Fsp3) is 0.417. The van der Waals surface area contributed by atoms with Gasteiger partial charge in [-0.15, -0.1) is 0 Å². The fourth-order valence-electron chi connectivity index (χ4n) is 3.19. The maximum Gasteiger partial charge on any atom is 0.309 e. The maximum absolute atomic E-state index is 14.2. The molecule has 5 nitrogen and oxygen atoms in total. The van der Waals surface area contributed by atoms with E-state index >= 15 is 0 Å². The number of rotatable bonds is 7. The van der Waals surface area contributed by atoms with Crippen molar-refractivity contribution in [3.05, 3.63) is 69.2 Å². The van der Waals surface area contributed by atoms with Gasteiger partial charge in [0.05, 0.1) is 22.4 Å². The Kier molecular flexibility index (Phi) is 8.49. The molecule has 0 fully saturated rings. The molecule has 180 valence electrons. The molecule has 1 N–H and O–H groups in total. The Labute approximate surface area is 201 Å². The van der Waals surface area contributed by atoms with Crippen molar-refractivity contribution in [2.24, 2.45) is 5.92 Å². The Balaban J connectivity index is 2.37. The Hall–Kier alpha value is -2.22. The van der Waals surface area contributed by atoms with Crippen LogP contribution in [0.1, 0.15) is 52.2 Å². The molecule has 0 spiro atoms. The number of hydrogen-bond acceptors (Lipinski definition) is 5. The van der Waals surface area contributed by atoms with Gasteiger partial charge < -0.3 is 14.6 Å². The van der Waals surface area contributed by atoms with Crippen LogP contribution in [-0.4, -0.2) is 28.8 Å². The van der Waals surface area contributed by atoms with Crippen molar-refractivity contribution in [3.63, 3.8) is 0 Å². The highest BCUT2D eigenvalue weighted by molar-refractivity contribution is 6.31. The van der Waals surface area contributed by atoms with Crippen molar-refractivity contribution in [2.45, 2.75) is 58.3 Å². The molecule has 0 saturated carbocycles. The number of benzene rings is 2. The first-order valence-corrected chi connectivity index (χ1v) is 11.0.